The summed E-state index contributed by atoms with van der Waals surface area (Å²) in [5.41, 5.74) is 3.03. The summed E-state index contributed by atoms with van der Waals surface area (Å²) >= 11 is 6.19. The third kappa shape index (κ3) is 2.24. The van der Waals surface area contributed by atoms with E-state index in [1.54, 1.807) is 6.07 Å². The summed E-state index contributed by atoms with van der Waals surface area (Å²) in [5.74, 6) is -0.104. The van der Waals surface area contributed by atoms with Crippen molar-refractivity contribution in [2.45, 2.75) is 12.3 Å². The first-order chi connectivity index (χ1) is 10.7. The normalized spacial score (nSPS) is 17.1. The van der Waals surface area contributed by atoms with Gasteiger partial charge in [0.2, 0.25) is 0 Å². The molecular formula is C19H15ClFN. The molecule has 3 aromatic carbocycles. The second-order valence-corrected chi connectivity index (χ2v) is 6.13. The van der Waals surface area contributed by atoms with Gasteiger partial charge in [0.05, 0.1) is 10.7 Å². The summed E-state index contributed by atoms with van der Waals surface area (Å²) in [6, 6.07) is 17.7. The predicted molar refractivity (Wildman–Crippen MR) is 90.3 cm³/mol. The van der Waals surface area contributed by atoms with E-state index in [4.69, 9.17) is 11.6 Å². The van der Waals surface area contributed by atoms with Crippen molar-refractivity contribution in [3.63, 3.8) is 0 Å². The number of anilines is 1. The molecule has 1 N–H and O–H groups in total. The zero-order valence-electron chi connectivity index (χ0n) is 11.9. The molecule has 1 aliphatic rings. The first-order valence-electron chi connectivity index (χ1n) is 7.44. The summed E-state index contributed by atoms with van der Waals surface area (Å²) in [6.45, 7) is 0.843. The van der Waals surface area contributed by atoms with Gasteiger partial charge in [0.1, 0.15) is 5.82 Å². The van der Waals surface area contributed by atoms with Crippen LogP contribution in [0.15, 0.2) is 54.6 Å². The van der Waals surface area contributed by atoms with E-state index in [0.717, 1.165) is 24.2 Å². The summed E-state index contributed by atoms with van der Waals surface area (Å²) in [5, 5.41) is 6.19. The Balaban J connectivity index is 1.86. The first kappa shape index (κ1) is 13.6. The SMILES string of the molecule is Fc1cc(Cl)c2c(c1)C(c1ccc3ccccc3c1)CCN2. The van der Waals surface area contributed by atoms with Crippen LogP contribution in [0.5, 0.6) is 0 Å². The van der Waals surface area contributed by atoms with Gasteiger partial charge in [0.25, 0.3) is 0 Å². The van der Waals surface area contributed by atoms with E-state index in [9.17, 15) is 4.39 Å². The van der Waals surface area contributed by atoms with Crippen molar-refractivity contribution in [1.82, 2.24) is 0 Å². The van der Waals surface area contributed by atoms with Crippen molar-refractivity contribution in [3.05, 3.63) is 76.6 Å². The molecule has 0 fully saturated rings. The average Bonchev–Trinajstić information content (AvgIpc) is 2.54. The molecule has 3 heteroatoms. The van der Waals surface area contributed by atoms with E-state index in [-0.39, 0.29) is 11.7 Å². The zero-order valence-corrected chi connectivity index (χ0v) is 12.7. The average molecular weight is 312 g/mol. The molecule has 1 aliphatic heterocycles. The minimum Gasteiger partial charge on any atom is -0.384 e. The molecule has 0 saturated carbocycles. The molecule has 1 nitrogen and oxygen atoms in total. The summed E-state index contributed by atoms with van der Waals surface area (Å²) in [6.07, 6.45) is 0.936. The molecule has 0 radical (unpaired) electrons. The molecule has 0 saturated heterocycles. The van der Waals surface area contributed by atoms with Crippen molar-refractivity contribution in [3.8, 4) is 0 Å². The van der Waals surface area contributed by atoms with Gasteiger partial charge in [0, 0.05) is 12.5 Å². The Morgan fingerprint density at radius 3 is 2.68 bits per heavy atom. The topological polar surface area (TPSA) is 12.0 Å². The maximum Gasteiger partial charge on any atom is 0.125 e. The van der Waals surface area contributed by atoms with Crippen LogP contribution in [0.1, 0.15) is 23.5 Å². The highest BCUT2D eigenvalue weighted by Gasteiger charge is 2.24. The van der Waals surface area contributed by atoms with E-state index in [2.05, 4.69) is 35.6 Å². The number of halogens is 2. The zero-order chi connectivity index (χ0) is 15.1. The minimum absolute atomic E-state index is 0.175. The van der Waals surface area contributed by atoms with Crippen LogP contribution in [-0.4, -0.2) is 6.54 Å². The largest absolute Gasteiger partial charge is 0.384 e. The highest BCUT2D eigenvalue weighted by atomic mass is 35.5. The molecule has 4 rings (SSSR count). The molecule has 0 aromatic heterocycles. The standard InChI is InChI=1S/C19H15ClFN/c20-18-11-15(21)10-17-16(7-8-22-19(17)18)14-6-5-12-3-1-2-4-13(12)9-14/h1-6,9-11,16,22H,7-8H2. The van der Waals surface area contributed by atoms with Crippen LogP contribution < -0.4 is 5.32 Å². The summed E-state index contributed by atoms with van der Waals surface area (Å²) < 4.78 is 13.8. The third-order valence-electron chi connectivity index (χ3n) is 4.37. The highest BCUT2D eigenvalue weighted by molar-refractivity contribution is 6.33. The van der Waals surface area contributed by atoms with E-state index < -0.39 is 0 Å². The Morgan fingerprint density at radius 1 is 1.00 bits per heavy atom. The Labute approximate surface area is 133 Å². The fourth-order valence-electron chi connectivity index (χ4n) is 3.32. The van der Waals surface area contributed by atoms with Gasteiger partial charge in [-0.05, 0) is 40.5 Å². The number of benzene rings is 3. The maximum atomic E-state index is 13.8. The Morgan fingerprint density at radius 2 is 1.82 bits per heavy atom. The lowest BCUT2D eigenvalue weighted by Gasteiger charge is -2.28. The van der Waals surface area contributed by atoms with Gasteiger partial charge in [-0.3, -0.25) is 0 Å². The monoisotopic (exact) mass is 311 g/mol. The minimum atomic E-state index is -0.279. The van der Waals surface area contributed by atoms with Crippen LogP contribution in [0, 0.1) is 5.82 Å². The molecule has 22 heavy (non-hydrogen) atoms. The van der Waals surface area contributed by atoms with Crippen molar-refractivity contribution >= 4 is 28.1 Å². The van der Waals surface area contributed by atoms with Crippen LogP contribution in [0.4, 0.5) is 10.1 Å². The van der Waals surface area contributed by atoms with Crippen LogP contribution in [0.25, 0.3) is 10.8 Å². The lowest BCUT2D eigenvalue weighted by atomic mass is 9.84. The number of rotatable bonds is 1. The van der Waals surface area contributed by atoms with Crippen LogP contribution >= 0.6 is 11.6 Å². The smallest absolute Gasteiger partial charge is 0.125 e. The number of fused-ring (bicyclic) bond motifs is 2. The lowest BCUT2D eigenvalue weighted by Crippen LogP contribution is -2.18. The maximum absolute atomic E-state index is 13.8. The van der Waals surface area contributed by atoms with Gasteiger partial charge >= 0.3 is 0 Å². The van der Waals surface area contributed by atoms with E-state index in [1.807, 2.05) is 12.1 Å². The molecule has 1 heterocycles. The number of hydrogen-bond donors (Lipinski definition) is 1. The second-order valence-electron chi connectivity index (χ2n) is 5.73. The Bertz CT molecular complexity index is 859. The van der Waals surface area contributed by atoms with Gasteiger partial charge in [-0.15, -0.1) is 0 Å². The van der Waals surface area contributed by atoms with Crippen molar-refractivity contribution in [2.75, 3.05) is 11.9 Å². The Kier molecular flexibility index (Phi) is 3.27. The molecule has 1 atom stereocenters. The molecule has 1 unspecified atom stereocenters. The molecule has 0 bridgehead atoms. The van der Waals surface area contributed by atoms with Gasteiger partial charge in [-0.1, -0.05) is 54.1 Å². The van der Waals surface area contributed by atoms with Crippen molar-refractivity contribution < 1.29 is 4.39 Å². The summed E-state index contributed by atoms with van der Waals surface area (Å²) in [4.78, 5) is 0. The first-order valence-corrected chi connectivity index (χ1v) is 7.82. The second kappa shape index (κ2) is 5.29. The molecule has 3 aromatic rings. The van der Waals surface area contributed by atoms with Gasteiger partial charge in [-0.25, -0.2) is 4.39 Å². The molecule has 0 aliphatic carbocycles. The van der Waals surface area contributed by atoms with Crippen molar-refractivity contribution in [2.24, 2.45) is 0 Å². The van der Waals surface area contributed by atoms with E-state index in [0.29, 0.717) is 5.02 Å². The van der Waals surface area contributed by atoms with E-state index in [1.165, 1.54) is 22.4 Å². The lowest BCUT2D eigenvalue weighted by molar-refractivity contribution is 0.619. The van der Waals surface area contributed by atoms with Gasteiger partial charge in [-0.2, -0.15) is 0 Å². The summed E-state index contributed by atoms with van der Waals surface area (Å²) in [7, 11) is 0. The molecule has 0 spiro atoms. The fourth-order valence-corrected chi connectivity index (χ4v) is 3.60. The number of hydrogen-bond acceptors (Lipinski definition) is 1. The quantitative estimate of drug-likeness (QED) is 0.618. The van der Waals surface area contributed by atoms with Crippen LogP contribution in [-0.2, 0) is 0 Å². The molecule has 0 amide bonds. The fraction of sp³-hybridized carbons (Fsp3) is 0.158. The predicted octanol–water partition coefficient (Wildman–Crippen LogP) is 5.58. The van der Waals surface area contributed by atoms with Crippen LogP contribution in [0.3, 0.4) is 0 Å². The van der Waals surface area contributed by atoms with Crippen LogP contribution in [0.2, 0.25) is 5.02 Å². The molecule has 110 valence electrons. The van der Waals surface area contributed by atoms with E-state index >= 15 is 0 Å². The Hall–Kier alpha value is -2.06. The highest BCUT2D eigenvalue weighted by Crippen LogP contribution is 2.41. The number of nitrogens with one attached hydrogen (secondary N) is 1. The van der Waals surface area contributed by atoms with Gasteiger partial charge < -0.3 is 5.32 Å². The third-order valence-corrected chi connectivity index (χ3v) is 4.67. The molecular weight excluding hydrogens is 297 g/mol. The van der Waals surface area contributed by atoms with Crippen molar-refractivity contribution in [1.29, 1.82) is 0 Å². The van der Waals surface area contributed by atoms with Gasteiger partial charge in [0.15, 0.2) is 0 Å².